The minimum Gasteiger partial charge on any atom is -0.369 e. The summed E-state index contributed by atoms with van der Waals surface area (Å²) in [5, 5.41) is 0. The van der Waals surface area contributed by atoms with Crippen molar-refractivity contribution in [1.82, 2.24) is 4.90 Å². The van der Waals surface area contributed by atoms with Crippen molar-refractivity contribution >= 4 is 21.5 Å². The Balaban J connectivity index is 2.19. The first kappa shape index (κ1) is 18.1. The Hall–Kier alpha value is -2.73. The standard InChI is InChI=1S/C20H20N2O3S/c1-3-22(4-2)19-14-18(16-12-8-9-13-17(16)20(19)23)21-26(24,25)15-10-6-5-7-11-15/h5-14H,3-4H2,1-2H3. The monoisotopic (exact) mass is 368 g/mol. The van der Waals surface area contributed by atoms with Gasteiger partial charge in [0.05, 0.1) is 16.3 Å². The zero-order chi connectivity index (χ0) is 18.7. The zero-order valence-corrected chi connectivity index (χ0v) is 15.5. The molecule has 1 aliphatic rings. The molecule has 0 unspecified atom stereocenters. The van der Waals surface area contributed by atoms with Crippen molar-refractivity contribution in [2.75, 3.05) is 13.1 Å². The number of carbonyl (C=O) groups is 1. The molecule has 6 heteroatoms. The van der Waals surface area contributed by atoms with Crippen LogP contribution in [0.5, 0.6) is 0 Å². The summed E-state index contributed by atoms with van der Waals surface area (Å²) in [5.74, 6) is -0.111. The molecular formula is C20H20N2O3S. The predicted molar refractivity (Wildman–Crippen MR) is 102 cm³/mol. The first-order valence-electron chi connectivity index (χ1n) is 8.48. The Kier molecular flexibility index (Phi) is 5.04. The first-order chi connectivity index (χ1) is 12.5. The molecule has 26 heavy (non-hydrogen) atoms. The number of Topliss-reactive ketones (excluding diaryl/α,β-unsaturated/α-hetero) is 1. The molecule has 0 aliphatic heterocycles. The fraction of sp³-hybridized carbons (Fsp3) is 0.200. The molecule has 1 aliphatic carbocycles. The Bertz CT molecular complexity index is 989. The number of fused-ring (bicyclic) bond motifs is 1. The lowest BCUT2D eigenvalue weighted by Gasteiger charge is -2.27. The van der Waals surface area contributed by atoms with E-state index < -0.39 is 10.0 Å². The van der Waals surface area contributed by atoms with Gasteiger partial charge in [0.25, 0.3) is 10.0 Å². The van der Waals surface area contributed by atoms with E-state index in [1.54, 1.807) is 48.5 Å². The van der Waals surface area contributed by atoms with Gasteiger partial charge in [-0.3, -0.25) is 4.79 Å². The van der Waals surface area contributed by atoms with Gasteiger partial charge < -0.3 is 4.90 Å². The molecule has 2 aromatic carbocycles. The van der Waals surface area contributed by atoms with Crippen LogP contribution in [0.4, 0.5) is 0 Å². The number of allylic oxidation sites excluding steroid dienone is 2. The van der Waals surface area contributed by atoms with Crippen LogP contribution in [0, 0.1) is 0 Å². The minimum absolute atomic E-state index is 0.111. The minimum atomic E-state index is -3.87. The highest BCUT2D eigenvalue weighted by molar-refractivity contribution is 7.90. The molecule has 0 bridgehead atoms. The average Bonchev–Trinajstić information content (AvgIpc) is 2.66. The van der Waals surface area contributed by atoms with Crippen LogP contribution in [-0.2, 0) is 10.0 Å². The van der Waals surface area contributed by atoms with Gasteiger partial charge in [-0.2, -0.15) is 12.8 Å². The number of hydrogen-bond acceptors (Lipinski definition) is 4. The van der Waals surface area contributed by atoms with Gasteiger partial charge in [-0.05, 0) is 32.1 Å². The summed E-state index contributed by atoms with van der Waals surface area (Å²) in [6.07, 6.45) is 1.58. The molecule has 2 aromatic rings. The van der Waals surface area contributed by atoms with Gasteiger partial charge in [-0.1, -0.05) is 42.5 Å². The summed E-state index contributed by atoms with van der Waals surface area (Å²) in [7, 11) is -3.87. The van der Waals surface area contributed by atoms with E-state index in [-0.39, 0.29) is 16.4 Å². The lowest BCUT2D eigenvalue weighted by atomic mass is 9.91. The lowest BCUT2D eigenvalue weighted by molar-refractivity contribution is 0.0992. The Morgan fingerprint density at radius 2 is 1.46 bits per heavy atom. The SMILES string of the molecule is CCN(CC)C1=CC(=NS(=O)(=O)c2ccccc2)c2ccccc2C1=O. The molecule has 5 nitrogen and oxygen atoms in total. The first-order valence-corrected chi connectivity index (χ1v) is 9.92. The highest BCUT2D eigenvalue weighted by Gasteiger charge is 2.28. The number of carbonyl (C=O) groups excluding carboxylic acids is 1. The highest BCUT2D eigenvalue weighted by atomic mass is 32.2. The molecular weight excluding hydrogens is 348 g/mol. The molecule has 0 saturated carbocycles. The van der Waals surface area contributed by atoms with Crippen LogP contribution in [-0.4, -0.2) is 37.9 Å². The van der Waals surface area contributed by atoms with Crippen molar-refractivity contribution in [3.05, 3.63) is 77.5 Å². The van der Waals surface area contributed by atoms with Crippen LogP contribution in [0.15, 0.2) is 75.7 Å². The van der Waals surface area contributed by atoms with Gasteiger partial charge >= 0.3 is 0 Å². The van der Waals surface area contributed by atoms with E-state index in [0.717, 1.165) is 0 Å². The predicted octanol–water partition coefficient (Wildman–Crippen LogP) is 3.29. The molecule has 0 saturated heterocycles. The van der Waals surface area contributed by atoms with Gasteiger partial charge in [0, 0.05) is 24.2 Å². The van der Waals surface area contributed by atoms with Gasteiger partial charge in [0.2, 0.25) is 5.78 Å². The smallest absolute Gasteiger partial charge is 0.282 e. The number of ketones is 1. The quantitative estimate of drug-likeness (QED) is 0.812. The number of hydrogen-bond donors (Lipinski definition) is 0. The summed E-state index contributed by atoms with van der Waals surface area (Å²) >= 11 is 0. The molecule has 0 heterocycles. The molecule has 3 rings (SSSR count). The molecule has 0 amide bonds. The third kappa shape index (κ3) is 3.32. The van der Waals surface area contributed by atoms with Crippen LogP contribution in [0.25, 0.3) is 0 Å². The third-order valence-electron chi connectivity index (χ3n) is 4.32. The van der Waals surface area contributed by atoms with Crippen molar-refractivity contribution in [3.63, 3.8) is 0 Å². The van der Waals surface area contributed by atoms with E-state index in [2.05, 4.69) is 4.40 Å². The summed E-state index contributed by atoms with van der Waals surface area (Å²) < 4.78 is 29.4. The fourth-order valence-electron chi connectivity index (χ4n) is 2.96. The fourth-order valence-corrected chi connectivity index (χ4v) is 3.98. The maximum absolute atomic E-state index is 12.8. The van der Waals surface area contributed by atoms with E-state index in [1.165, 1.54) is 12.1 Å². The lowest BCUT2D eigenvalue weighted by Crippen LogP contribution is -2.31. The van der Waals surface area contributed by atoms with Gasteiger partial charge in [-0.25, -0.2) is 0 Å². The van der Waals surface area contributed by atoms with Crippen molar-refractivity contribution in [1.29, 1.82) is 0 Å². The van der Waals surface area contributed by atoms with E-state index in [4.69, 9.17) is 0 Å². The van der Waals surface area contributed by atoms with Gasteiger partial charge in [0.15, 0.2) is 0 Å². The van der Waals surface area contributed by atoms with Crippen LogP contribution in [0.1, 0.15) is 29.8 Å². The second-order valence-corrected chi connectivity index (χ2v) is 7.45. The normalized spacial score (nSPS) is 15.5. The van der Waals surface area contributed by atoms with E-state index >= 15 is 0 Å². The number of benzene rings is 2. The Labute approximate surface area is 153 Å². The Morgan fingerprint density at radius 3 is 2.08 bits per heavy atom. The van der Waals surface area contributed by atoms with Crippen LogP contribution >= 0.6 is 0 Å². The number of likely N-dealkylation sites (N-methyl/N-ethyl adjacent to an activating group) is 1. The second-order valence-electron chi connectivity index (χ2n) is 5.84. The molecule has 0 radical (unpaired) electrons. The second kappa shape index (κ2) is 7.25. The summed E-state index contributed by atoms with van der Waals surface area (Å²) in [6, 6.07) is 15.0. The van der Waals surface area contributed by atoms with Crippen molar-refractivity contribution < 1.29 is 13.2 Å². The largest absolute Gasteiger partial charge is 0.369 e. The Morgan fingerprint density at radius 1 is 0.885 bits per heavy atom. The van der Waals surface area contributed by atoms with Gasteiger partial charge in [0.1, 0.15) is 0 Å². The maximum atomic E-state index is 12.8. The molecule has 134 valence electrons. The molecule has 0 N–H and O–H groups in total. The average molecular weight is 368 g/mol. The third-order valence-corrected chi connectivity index (χ3v) is 5.62. The van der Waals surface area contributed by atoms with Crippen molar-refractivity contribution in [3.8, 4) is 0 Å². The summed E-state index contributed by atoms with van der Waals surface area (Å²) in [5.41, 5.74) is 1.76. The topological polar surface area (TPSA) is 66.8 Å². The molecule has 0 atom stereocenters. The zero-order valence-electron chi connectivity index (χ0n) is 14.7. The van der Waals surface area contributed by atoms with Crippen molar-refractivity contribution in [2.24, 2.45) is 4.40 Å². The van der Waals surface area contributed by atoms with Crippen molar-refractivity contribution in [2.45, 2.75) is 18.7 Å². The van der Waals surface area contributed by atoms with Gasteiger partial charge in [-0.15, -0.1) is 0 Å². The van der Waals surface area contributed by atoms with Crippen LogP contribution in [0.3, 0.4) is 0 Å². The number of sulfonamides is 1. The summed E-state index contributed by atoms with van der Waals surface area (Å²) in [6.45, 7) is 5.20. The maximum Gasteiger partial charge on any atom is 0.282 e. The molecule has 0 fully saturated rings. The molecule has 0 aromatic heterocycles. The number of nitrogens with zero attached hydrogens (tertiary/aromatic N) is 2. The number of rotatable bonds is 5. The van der Waals surface area contributed by atoms with E-state index in [9.17, 15) is 13.2 Å². The van der Waals surface area contributed by atoms with E-state index in [0.29, 0.717) is 29.9 Å². The van der Waals surface area contributed by atoms with Crippen LogP contribution in [0.2, 0.25) is 0 Å². The summed E-state index contributed by atoms with van der Waals surface area (Å²) in [4.78, 5) is 14.9. The van der Waals surface area contributed by atoms with Crippen LogP contribution < -0.4 is 0 Å². The molecule has 0 spiro atoms. The van der Waals surface area contributed by atoms with E-state index in [1.807, 2.05) is 18.7 Å². The highest BCUT2D eigenvalue weighted by Crippen LogP contribution is 2.25.